The molecule has 4 aliphatic carbocycles. The molecule has 6 N–H and O–H groups in total. The maximum atomic E-state index is 7.61. The molecule has 0 aromatic rings. The zero-order valence-corrected chi connectivity index (χ0v) is 23.5. The quantitative estimate of drug-likeness (QED) is 0.256. The minimum atomic E-state index is -0.0814. The molecule has 0 saturated heterocycles. The van der Waals surface area contributed by atoms with Crippen LogP contribution in [0.15, 0.2) is 12.4 Å². The predicted molar refractivity (Wildman–Crippen MR) is 147 cm³/mol. The number of fused-ring (bicyclic) bond motifs is 5. The zero-order valence-electron chi connectivity index (χ0n) is 22.7. The lowest BCUT2D eigenvalue weighted by Gasteiger charge is -2.71. The first-order chi connectivity index (χ1) is 16.0. The van der Waals surface area contributed by atoms with Gasteiger partial charge in [-0.2, -0.15) is 0 Å². The van der Waals surface area contributed by atoms with E-state index in [-0.39, 0.29) is 16.5 Å². The summed E-state index contributed by atoms with van der Waals surface area (Å²) in [4.78, 5) is 0. The van der Waals surface area contributed by atoms with Gasteiger partial charge in [-0.25, -0.2) is 4.31 Å². The van der Waals surface area contributed by atoms with Crippen molar-refractivity contribution in [1.29, 1.82) is 0 Å². The number of hydrogen-bond donors (Lipinski definition) is 4. The Morgan fingerprint density at radius 1 is 1.00 bits per heavy atom. The standard InChI is InChI=1S/C28H53N5S/c1-7-21-19-24-23-13-12-22(11-10-18-31-20(2)32-34-33(5)6)25(23,3)16-17-28(24,30)26(4)14-8-9-15-27(21,26)29/h21-24,31-32H,2,7-19,29-30H2,1,3-6H3/t21-,22?,23?,24-,25+,26-,27?,28+/m0/s1. The average molecular weight is 492 g/mol. The fourth-order valence-electron chi connectivity index (χ4n) is 9.49. The molecule has 0 heterocycles. The molecule has 0 amide bonds. The summed E-state index contributed by atoms with van der Waals surface area (Å²) in [6.07, 6.45) is 15.2. The van der Waals surface area contributed by atoms with Crippen LogP contribution >= 0.6 is 12.1 Å². The van der Waals surface area contributed by atoms with Crippen molar-refractivity contribution in [2.45, 2.75) is 109 Å². The zero-order chi connectivity index (χ0) is 24.8. The third kappa shape index (κ3) is 4.13. The highest BCUT2D eigenvalue weighted by atomic mass is 32.2. The Morgan fingerprint density at radius 2 is 1.74 bits per heavy atom. The van der Waals surface area contributed by atoms with Gasteiger partial charge in [-0.15, -0.1) is 0 Å². The van der Waals surface area contributed by atoms with Crippen LogP contribution in [0.5, 0.6) is 0 Å². The van der Waals surface area contributed by atoms with Crippen molar-refractivity contribution < 1.29 is 0 Å². The van der Waals surface area contributed by atoms with Crippen LogP contribution in [0.25, 0.3) is 0 Å². The molecule has 0 radical (unpaired) electrons. The molecule has 0 spiro atoms. The molecule has 0 aromatic carbocycles. The van der Waals surface area contributed by atoms with Crippen molar-refractivity contribution >= 4 is 12.1 Å². The van der Waals surface area contributed by atoms with Gasteiger partial charge in [-0.1, -0.05) is 46.6 Å². The van der Waals surface area contributed by atoms with Crippen molar-refractivity contribution in [3.63, 3.8) is 0 Å². The number of nitrogens with two attached hydrogens (primary N) is 2. The summed E-state index contributed by atoms with van der Waals surface area (Å²) in [5, 5.41) is 3.46. The summed E-state index contributed by atoms with van der Waals surface area (Å²) in [5.41, 5.74) is 15.4. The first-order valence-corrected chi connectivity index (χ1v) is 14.9. The lowest BCUT2D eigenvalue weighted by Crippen LogP contribution is -2.79. The van der Waals surface area contributed by atoms with Crippen LogP contribution in [0.2, 0.25) is 0 Å². The minimum Gasteiger partial charge on any atom is -0.372 e. The normalized spacial score (nSPS) is 45.9. The third-order valence-electron chi connectivity index (χ3n) is 11.6. The SMILES string of the molecule is C=C(NCCCC1CCC2[C@@H]3C[C@H](CC)C4(N)CCCC[C@]4(C)[C@@]3(N)CC[C@]12C)NSN(C)C. The number of nitrogens with one attached hydrogen (secondary N) is 2. The Hall–Kier alpha value is -0.430. The fraction of sp³-hybridized carbons (Fsp3) is 0.929. The molecule has 8 atom stereocenters. The molecule has 0 bridgehead atoms. The fourth-order valence-corrected chi connectivity index (χ4v) is 9.86. The Balaban J connectivity index is 1.43. The summed E-state index contributed by atoms with van der Waals surface area (Å²) in [6.45, 7) is 12.6. The van der Waals surface area contributed by atoms with Gasteiger partial charge in [0.05, 0.1) is 0 Å². The molecule has 4 saturated carbocycles. The highest BCUT2D eigenvalue weighted by molar-refractivity contribution is 7.95. The van der Waals surface area contributed by atoms with Gasteiger partial charge < -0.3 is 21.5 Å². The van der Waals surface area contributed by atoms with Gasteiger partial charge >= 0.3 is 0 Å². The predicted octanol–water partition coefficient (Wildman–Crippen LogP) is 5.39. The van der Waals surface area contributed by atoms with E-state index in [0.29, 0.717) is 17.3 Å². The summed E-state index contributed by atoms with van der Waals surface area (Å²) < 4.78 is 5.28. The molecule has 6 heteroatoms. The minimum absolute atomic E-state index is 0.0655. The van der Waals surface area contributed by atoms with Crippen molar-refractivity contribution in [3.8, 4) is 0 Å². The largest absolute Gasteiger partial charge is 0.372 e. The molecule has 34 heavy (non-hydrogen) atoms. The van der Waals surface area contributed by atoms with Gasteiger partial charge in [0.1, 0.15) is 5.82 Å². The molecule has 4 aliphatic rings. The first-order valence-electron chi connectivity index (χ1n) is 14.1. The molecular weight excluding hydrogens is 438 g/mol. The van der Waals surface area contributed by atoms with Crippen molar-refractivity contribution in [3.05, 3.63) is 12.4 Å². The topological polar surface area (TPSA) is 79.3 Å². The van der Waals surface area contributed by atoms with E-state index in [1.807, 2.05) is 18.4 Å². The smallest absolute Gasteiger partial charge is 0.102 e. The van der Waals surface area contributed by atoms with E-state index >= 15 is 0 Å². The van der Waals surface area contributed by atoms with Gasteiger partial charge in [0.2, 0.25) is 0 Å². The Bertz CT molecular complexity index is 744. The lowest BCUT2D eigenvalue weighted by atomic mass is 9.37. The van der Waals surface area contributed by atoms with Crippen LogP contribution in [0.4, 0.5) is 0 Å². The van der Waals surface area contributed by atoms with Crippen molar-refractivity contribution in [1.82, 2.24) is 14.3 Å². The van der Waals surface area contributed by atoms with E-state index in [0.717, 1.165) is 24.2 Å². The molecule has 4 rings (SSSR count). The number of rotatable bonds is 9. The van der Waals surface area contributed by atoms with E-state index in [2.05, 4.69) is 37.4 Å². The molecular formula is C28H53N5S. The molecule has 0 aliphatic heterocycles. The average Bonchev–Trinajstić information content (AvgIpc) is 3.12. The van der Waals surface area contributed by atoms with Gasteiger partial charge in [0.25, 0.3) is 0 Å². The van der Waals surface area contributed by atoms with E-state index in [1.54, 1.807) is 12.1 Å². The molecule has 196 valence electrons. The number of nitrogens with zero attached hydrogens (tertiary/aromatic N) is 1. The van der Waals surface area contributed by atoms with Gasteiger partial charge in [0, 0.05) is 35.2 Å². The van der Waals surface area contributed by atoms with Crippen LogP contribution in [-0.2, 0) is 0 Å². The molecule has 0 aromatic heterocycles. The highest BCUT2D eigenvalue weighted by Crippen LogP contribution is 2.70. The second kappa shape index (κ2) is 9.79. The highest BCUT2D eigenvalue weighted by Gasteiger charge is 2.70. The van der Waals surface area contributed by atoms with Crippen molar-refractivity contribution in [2.75, 3.05) is 20.6 Å². The maximum Gasteiger partial charge on any atom is 0.102 e. The Labute approximate surface area is 214 Å². The monoisotopic (exact) mass is 491 g/mol. The first kappa shape index (κ1) is 26.6. The van der Waals surface area contributed by atoms with E-state index in [1.165, 1.54) is 77.0 Å². The second-order valence-corrected chi connectivity index (χ2v) is 14.1. The Morgan fingerprint density at radius 3 is 2.44 bits per heavy atom. The second-order valence-electron chi connectivity index (χ2n) is 13.0. The summed E-state index contributed by atoms with van der Waals surface area (Å²) in [5.74, 6) is 3.77. The summed E-state index contributed by atoms with van der Waals surface area (Å²) in [6, 6.07) is 0. The van der Waals surface area contributed by atoms with Crippen LogP contribution in [0.3, 0.4) is 0 Å². The van der Waals surface area contributed by atoms with Gasteiger partial charge in [0.15, 0.2) is 0 Å². The van der Waals surface area contributed by atoms with Crippen LogP contribution in [-0.4, -0.2) is 36.0 Å². The van der Waals surface area contributed by atoms with E-state index in [4.69, 9.17) is 11.5 Å². The lowest BCUT2D eigenvalue weighted by molar-refractivity contribution is -0.163. The van der Waals surface area contributed by atoms with Gasteiger partial charge in [-0.3, -0.25) is 0 Å². The molecule has 5 nitrogen and oxygen atoms in total. The maximum absolute atomic E-state index is 7.61. The van der Waals surface area contributed by atoms with Crippen molar-refractivity contribution in [2.24, 2.45) is 46.0 Å². The summed E-state index contributed by atoms with van der Waals surface area (Å²) >= 11 is 1.56. The van der Waals surface area contributed by atoms with E-state index in [9.17, 15) is 0 Å². The Kier molecular flexibility index (Phi) is 7.67. The van der Waals surface area contributed by atoms with Crippen LogP contribution in [0, 0.1) is 34.5 Å². The van der Waals surface area contributed by atoms with E-state index < -0.39 is 0 Å². The summed E-state index contributed by atoms with van der Waals surface area (Å²) in [7, 11) is 4.05. The molecule has 4 fully saturated rings. The van der Waals surface area contributed by atoms with Crippen LogP contribution < -0.4 is 21.5 Å². The third-order valence-corrected chi connectivity index (χ3v) is 12.3. The van der Waals surface area contributed by atoms with Crippen LogP contribution in [0.1, 0.15) is 97.8 Å². The van der Waals surface area contributed by atoms with Gasteiger partial charge in [-0.05, 0) is 101 Å². The number of hydrogen-bond acceptors (Lipinski definition) is 6. The molecule has 3 unspecified atom stereocenters.